The van der Waals surface area contributed by atoms with Crippen LogP contribution in [0.1, 0.15) is 31.9 Å². The molecule has 5 heteroatoms. The summed E-state index contributed by atoms with van der Waals surface area (Å²) >= 11 is 0. The molecule has 1 aromatic rings. The first kappa shape index (κ1) is 15.1. The normalized spacial score (nSPS) is 15.4. The van der Waals surface area contributed by atoms with Crippen molar-refractivity contribution >= 4 is 0 Å². The lowest BCUT2D eigenvalue weighted by atomic mass is 10.1. The first-order valence-electron chi connectivity index (χ1n) is 6.80. The van der Waals surface area contributed by atoms with E-state index in [1.807, 2.05) is 32.0 Å². The molecule has 20 heavy (non-hydrogen) atoms. The van der Waals surface area contributed by atoms with Crippen LogP contribution < -0.4 is 15.2 Å². The third-order valence-electron chi connectivity index (χ3n) is 3.52. The Balaban J connectivity index is 1.79. The van der Waals surface area contributed by atoms with Crippen LogP contribution in [0, 0.1) is 0 Å². The third kappa shape index (κ3) is 3.85. The average Bonchev–Trinajstić information content (AvgIpc) is 2.90. The highest BCUT2D eigenvalue weighted by molar-refractivity contribution is 5.45. The van der Waals surface area contributed by atoms with Crippen molar-refractivity contribution in [3.8, 4) is 11.5 Å². The zero-order valence-corrected chi connectivity index (χ0v) is 12.3. The molecule has 2 rings (SSSR count). The van der Waals surface area contributed by atoms with Crippen LogP contribution in [0.2, 0.25) is 0 Å². The molecule has 2 N–H and O–H groups in total. The van der Waals surface area contributed by atoms with Gasteiger partial charge in [-0.2, -0.15) is 0 Å². The van der Waals surface area contributed by atoms with Crippen LogP contribution in [-0.2, 0) is 9.47 Å². The minimum absolute atomic E-state index is 0.164. The predicted molar refractivity (Wildman–Crippen MR) is 76.0 cm³/mol. The molecule has 5 nitrogen and oxygen atoms in total. The lowest BCUT2D eigenvalue weighted by Crippen LogP contribution is -2.25. The van der Waals surface area contributed by atoms with E-state index in [4.69, 9.17) is 24.7 Å². The van der Waals surface area contributed by atoms with Crippen LogP contribution >= 0.6 is 0 Å². The summed E-state index contributed by atoms with van der Waals surface area (Å²) in [5.74, 6) is 1.52. The van der Waals surface area contributed by atoms with E-state index in [1.165, 1.54) is 0 Å². The van der Waals surface area contributed by atoms with E-state index in [0.717, 1.165) is 23.5 Å². The molecule has 1 aliphatic heterocycles. The lowest BCUT2D eigenvalue weighted by molar-refractivity contribution is -0.0113. The number of hydrogen-bond donors (Lipinski definition) is 1. The lowest BCUT2D eigenvalue weighted by Gasteiger charge is -2.23. The molecule has 0 radical (unpaired) electrons. The molecule has 1 atom stereocenters. The fourth-order valence-corrected chi connectivity index (χ4v) is 1.87. The fourth-order valence-electron chi connectivity index (χ4n) is 1.87. The van der Waals surface area contributed by atoms with Gasteiger partial charge in [0.15, 0.2) is 11.5 Å². The highest BCUT2D eigenvalue weighted by atomic mass is 16.7. The van der Waals surface area contributed by atoms with Gasteiger partial charge in [0.2, 0.25) is 6.79 Å². The molecule has 1 aliphatic rings. The topological polar surface area (TPSA) is 62.9 Å². The number of benzene rings is 1. The monoisotopic (exact) mass is 281 g/mol. The van der Waals surface area contributed by atoms with Crippen LogP contribution in [0.3, 0.4) is 0 Å². The van der Waals surface area contributed by atoms with Crippen molar-refractivity contribution in [2.24, 2.45) is 5.73 Å². The summed E-state index contributed by atoms with van der Waals surface area (Å²) in [5.41, 5.74) is 6.94. The number of nitrogens with two attached hydrogens (primary N) is 1. The van der Waals surface area contributed by atoms with Crippen LogP contribution in [-0.4, -0.2) is 32.7 Å². The van der Waals surface area contributed by atoms with Crippen LogP contribution in [0.5, 0.6) is 11.5 Å². The van der Waals surface area contributed by atoms with Crippen molar-refractivity contribution in [3.63, 3.8) is 0 Å². The van der Waals surface area contributed by atoms with Crippen molar-refractivity contribution < 1.29 is 18.9 Å². The fraction of sp³-hybridized carbons (Fsp3) is 0.600. The Bertz CT molecular complexity index is 447. The highest BCUT2D eigenvalue weighted by Crippen LogP contribution is 2.33. The van der Waals surface area contributed by atoms with Crippen molar-refractivity contribution in [1.82, 2.24) is 0 Å². The Kier molecular flexibility index (Phi) is 4.86. The molecule has 0 saturated heterocycles. The molecule has 0 fully saturated rings. The van der Waals surface area contributed by atoms with Crippen LogP contribution in [0.4, 0.5) is 0 Å². The van der Waals surface area contributed by atoms with Crippen molar-refractivity contribution in [3.05, 3.63) is 23.8 Å². The van der Waals surface area contributed by atoms with Gasteiger partial charge < -0.3 is 24.7 Å². The summed E-state index contributed by atoms with van der Waals surface area (Å²) in [6.07, 6.45) is 0.831. The molecule has 1 unspecified atom stereocenters. The second-order valence-electron chi connectivity index (χ2n) is 5.51. The Morgan fingerprint density at radius 3 is 2.80 bits per heavy atom. The van der Waals surface area contributed by atoms with Gasteiger partial charge in [0, 0.05) is 13.7 Å². The molecule has 0 spiro atoms. The zero-order chi connectivity index (χ0) is 14.6. The van der Waals surface area contributed by atoms with E-state index in [9.17, 15) is 0 Å². The maximum absolute atomic E-state index is 6.12. The van der Waals surface area contributed by atoms with Gasteiger partial charge in [0.1, 0.15) is 0 Å². The van der Waals surface area contributed by atoms with Gasteiger partial charge in [0.05, 0.1) is 18.2 Å². The number of rotatable bonds is 7. The van der Waals surface area contributed by atoms with Crippen molar-refractivity contribution in [1.29, 1.82) is 0 Å². The van der Waals surface area contributed by atoms with Gasteiger partial charge in [0.25, 0.3) is 0 Å². The molecular formula is C15H23NO4. The maximum Gasteiger partial charge on any atom is 0.231 e. The van der Waals surface area contributed by atoms with Gasteiger partial charge in [-0.3, -0.25) is 0 Å². The van der Waals surface area contributed by atoms with E-state index in [2.05, 4.69) is 0 Å². The standard InChI is InChI=1S/C15H23NO4/c1-15(2,17-3)6-7-18-9-12(16)11-4-5-13-14(8-11)20-10-19-13/h4-5,8,12H,6-7,9-10,16H2,1-3H3. The van der Waals surface area contributed by atoms with Gasteiger partial charge in [-0.25, -0.2) is 0 Å². The quantitative estimate of drug-likeness (QED) is 0.777. The van der Waals surface area contributed by atoms with E-state index < -0.39 is 0 Å². The minimum Gasteiger partial charge on any atom is -0.454 e. The molecule has 0 aromatic heterocycles. The Morgan fingerprint density at radius 2 is 2.05 bits per heavy atom. The molecule has 0 amide bonds. The second-order valence-corrected chi connectivity index (χ2v) is 5.51. The molecule has 112 valence electrons. The first-order valence-corrected chi connectivity index (χ1v) is 6.80. The number of ether oxygens (including phenoxy) is 4. The minimum atomic E-state index is -0.171. The van der Waals surface area contributed by atoms with E-state index >= 15 is 0 Å². The Hall–Kier alpha value is -1.30. The van der Waals surface area contributed by atoms with E-state index in [1.54, 1.807) is 7.11 Å². The molecule has 1 heterocycles. The van der Waals surface area contributed by atoms with Crippen LogP contribution in [0.25, 0.3) is 0 Å². The molecule has 0 bridgehead atoms. The zero-order valence-electron chi connectivity index (χ0n) is 12.3. The highest BCUT2D eigenvalue weighted by Gasteiger charge is 2.18. The van der Waals surface area contributed by atoms with Gasteiger partial charge >= 0.3 is 0 Å². The average molecular weight is 281 g/mol. The van der Waals surface area contributed by atoms with E-state index in [-0.39, 0.29) is 18.4 Å². The number of methoxy groups -OCH3 is 1. The van der Waals surface area contributed by atoms with Crippen LogP contribution in [0.15, 0.2) is 18.2 Å². The summed E-state index contributed by atoms with van der Waals surface area (Å²) in [4.78, 5) is 0. The SMILES string of the molecule is COC(C)(C)CCOCC(N)c1ccc2c(c1)OCO2. The third-order valence-corrected chi connectivity index (χ3v) is 3.52. The van der Waals surface area contributed by atoms with Gasteiger partial charge in [-0.1, -0.05) is 6.07 Å². The van der Waals surface area contributed by atoms with Crippen molar-refractivity contribution in [2.75, 3.05) is 27.1 Å². The second kappa shape index (κ2) is 6.43. The number of fused-ring (bicyclic) bond motifs is 1. The molecular weight excluding hydrogens is 258 g/mol. The summed E-state index contributed by atoms with van der Waals surface area (Å²) < 4.78 is 21.6. The summed E-state index contributed by atoms with van der Waals surface area (Å²) in [5, 5.41) is 0. The molecule has 0 aliphatic carbocycles. The number of hydrogen-bond acceptors (Lipinski definition) is 5. The Morgan fingerprint density at radius 1 is 1.30 bits per heavy atom. The molecule has 0 saturated carbocycles. The smallest absolute Gasteiger partial charge is 0.231 e. The largest absolute Gasteiger partial charge is 0.454 e. The molecule has 1 aromatic carbocycles. The first-order chi connectivity index (χ1) is 9.52. The summed E-state index contributed by atoms with van der Waals surface area (Å²) in [7, 11) is 1.71. The van der Waals surface area contributed by atoms with Gasteiger partial charge in [-0.15, -0.1) is 0 Å². The van der Waals surface area contributed by atoms with Crippen molar-refractivity contribution in [2.45, 2.75) is 31.9 Å². The maximum atomic E-state index is 6.12. The van der Waals surface area contributed by atoms with Gasteiger partial charge in [-0.05, 0) is 38.0 Å². The predicted octanol–water partition coefficient (Wildman–Crippen LogP) is 2.25. The summed E-state index contributed by atoms with van der Waals surface area (Å²) in [6.45, 7) is 5.44. The summed E-state index contributed by atoms with van der Waals surface area (Å²) in [6, 6.07) is 5.57. The van der Waals surface area contributed by atoms with E-state index in [0.29, 0.717) is 13.2 Å². The Labute approximate surface area is 120 Å².